The van der Waals surface area contributed by atoms with Crippen molar-refractivity contribution < 1.29 is 14.7 Å². The molecule has 4 heteroatoms. The van der Waals surface area contributed by atoms with E-state index in [-0.39, 0.29) is 5.56 Å². The van der Waals surface area contributed by atoms with E-state index in [0.717, 1.165) is 0 Å². The van der Waals surface area contributed by atoms with Gasteiger partial charge in [0.25, 0.3) is 0 Å². The van der Waals surface area contributed by atoms with Gasteiger partial charge in [-0.1, -0.05) is 0 Å². The maximum Gasteiger partial charge on any atom is 0.337 e. The zero-order chi connectivity index (χ0) is 9.14. The van der Waals surface area contributed by atoms with E-state index in [1.54, 1.807) is 6.92 Å². The number of carboxylic acids is 1. The summed E-state index contributed by atoms with van der Waals surface area (Å²) in [6, 6.07) is 0. The number of hydrogen-bond donors (Lipinski definition) is 1. The molecular formula is C8H7NO3. The van der Waals surface area contributed by atoms with Crippen molar-refractivity contribution in [1.29, 1.82) is 0 Å². The van der Waals surface area contributed by atoms with E-state index in [9.17, 15) is 9.59 Å². The summed E-state index contributed by atoms with van der Waals surface area (Å²) in [5.74, 6) is -1.07. The normalized spacial score (nSPS) is 9.42. The highest BCUT2D eigenvalue weighted by Crippen LogP contribution is 2.09. The first-order chi connectivity index (χ1) is 5.66. The van der Waals surface area contributed by atoms with Gasteiger partial charge in [0.2, 0.25) is 0 Å². The second kappa shape index (κ2) is 3.13. The maximum absolute atomic E-state index is 10.5. The standard InChI is InChI=1S/C8H7NO3/c1-5-6(4-10)2-9-3-7(5)8(11)12/h2-4H,1H3,(H,11,12). The van der Waals surface area contributed by atoms with E-state index in [1.165, 1.54) is 12.4 Å². The molecule has 0 unspecified atom stereocenters. The van der Waals surface area contributed by atoms with Crippen LogP contribution in [0.4, 0.5) is 0 Å². The van der Waals surface area contributed by atoms with Gasteiger partial charge in [-0.15, -0.1) is 0 Å². The molecule has 0 amide bonds. The third-order valence-corrected chi connectivity index (χ3v) is 1.61. The van der Waals surface area contributed by atoms with Crippen LogP contribution in [0.3, 0.4) is 0 Å². The number of carbonyl (C=O) groups is 2. The molecule has 1 aromatic rings. The molecule has 0 saturated carbocycles. The largest absolute Gasteiger partial charge is 0.478 e. The highest BCUT2D eigenvalue weighted by Gasteiger charge is 2.09. The molecule has 0 atom stereocenters. The average molecular weight is 165 g/mol. The van der Waals surface area contributed by atoms with Crippen LogP contribution < -0.4 is 0 Å². The lowest BCUT2D eigenvalue weighted by Crippen LogP contribution is -2.03. The molecule has 1 N–H and O–H groups in total. The molecule has 1 aromatic heterocycles. The van der Waals surface area contributed by atoms with Crippen LogP contribution in [0, 0.1) is 6.92 Å². The molecule has 0 bridgehead atoms. The van der Waals surface area contributed by atoms with Crippen LogP contribution in [0.2, 0.25) is 0 Å². The van der Waals surface area contributed by atoms with Crippen LogP contribution in [0.15, 0.2) is 12.4 Å². The van der Waals surface area contributed by atoms with Crippen molar-refractivity contribution >= 4 is 12.3 Å². The Morgan fingerprint density at radius 1 is 1.58 bits per heavy atom. The van der Waals surface area contributed by atoms with Crippen molar-refractivity contribution in [2.24, 2.45) is 0 Å². The van der Waals surface area contributed by atoms with Gasteiger partial charge >= 0.3 is 5.97 Å². The number of carbonyl (C=O) groups excluding carboxylic acids is 1. The Balaban J connectivity index is 3.32. The topological polar surface area (TPSA) is 67.3 Å². The van der Waals surface area contributed by atoms with Crippen molar-refractivity contribution in [3.8, 4) is 0 Å². The quantitative estimate of drug-likeness (QED) is 0.661. The smallest absolute Gasteiger partial charge is 0.337 e. The molecule has 1 heterocycles. The van der Waals surface area contributed by atoms with Gasteiger partial charge in [-0.3, -0.25) is 9.78 Å². The van der Waals surface area contributed by atoms with Gasteiger partial charge in [0.1, 0.15) is 0 Å². The van der Waals surface area contributed by atoms with Gasteiger partial charge in [0.15, 0.2) is 6.29 Å². The Labute approximate surface area is 68.9 Å². The maximum atomic E-state index is 10.5. The van der Waals surface area contributed by atoms with Crippen molar-refractivity contribution in [2.75, 3.05) is 0 Å². The van der Waals surface area contributed by atoms with Crippen LogP contribution in [0.1, 0.15) is 26.3 Å². The monoisotopic (exact) mass is 165 g/mol. The van der Waals surface area contributed by atoms with Gasteiger partial charge in [0, 0.05) is 18.0 Å². The molecule has 0 aliphatic rings. The minimum Gasteiger partial charge on any atom is -0.478 e. The zero-order valence-electron chi connectivity index (χ0n) is 6.44. The fourth-order valence-electron chi connectivity index (χ4n) is 0.876. The first kappa shape index (κ1) is 8.39. The first-order valence-electron chi connectivity index (χ1n) is 3.30. The van der Waals surface area contributed by atoms with Crippen molar-refractivity contribution in [2.45, 2.75) is 6.92 Å². The van der Waals surface area contributed by atoms with Crippen LogP contribution >= 0.6 is 0 Å². The highest BCUT2D eigenvalue weighted by atomic mass is 16.4. The molecular weight excluding hydrogens is 158 g/mol. The van der Waals surface area contributed by atoms with Crippen molar-refractivity contribution in [3.63, 3.8) is 0 Å². The summed E-state index contributed by atoms with van der Waals surface area (Å²) in [5.41, 5.74) is 0.835. The summed E-state index contributed by atoms with van der Waals surface area (Å²) in [4.78, 5) is 24.5. The zero-order valence-corrected chi connectivity index (χ0v) is 6.44. The average Bonchev–Trinajstić information content (AvgIpc) is 2.04. The lowest BCUT2D eigenvalue weighted by atomic mass is 10.1. The van der Waals surface area contributed by atoms with E-state index >= 15 is 0 Å². The summed E-state index contributed by atoms with van der Waals surface area (Å²) in [6.45, 7) is 1.58. The SMILES string of the molecule is Cc1c(C=O)cncc1C(=O)O. The van der Waals surface area contributed by atoms with Crippen molar-refractivity contribution in [3.05, 3.63) is 29.1 Å². The molecule has 0 fully saturated rings. The number of rotatable bonds is 2. The molecule has 4 nitrogen and oxygen atoms in total. The summed E-state index contributed by atoms with van der Waals surface area (Å²) in [5, 5.41) is 8.63. The summed E-state index contributed by atoms with van der Waals surface area (Å²) < 4.78 is 0. The third-order valence-electron chi connectivity index (χ3n) is 1.61. The van der Waals surface area contributed by atoms with E-state index < -0.39 is 5.97 Å². The lowest BCUT2D eigenvalue weighted by molar-refractivity contribution is 0.0695. The molecule has 12 heavy (non-hydrogen) atoms. The van der Waals surface area contributed by atoms with Gasteiger partial charge in [0.05, 0.1) is 5.56 Å². The molecule has 0 aliphatic carbocycles. The predicted octanol–water partition coefficient (Wildman–Crippen LogP) is 0.901. The Morgan fingerprint density at radius 3 is 2.75 bits per heavy atom. The Kier molecular flexibility index (Phi) is 2.19. The molecule has 0 aromatic carbocycles. The van der Waals surface area contributed by atoms with E-state index in [0.29, 0.717) is 17.4 Å². The van der Waals surface area contributed by atoms with E-state index in [4.69, 9.17) is 5.11 Å². The first-order valence-corrected chi connectivity index (χ1v) is 3.30. The number of aromatic carboxylic acids is 1. The second-order valence-electron chi connectivity index (χ2n) is 2.32. The van der Waals surface area contributed by atoms with Gasteiger partial charge in [-0.2, -0.15) is 0 Å². The molecule has 62 valence electrons. The van der Waals surface area contributed by atoms with E-state index in [1.807, 2.05) is 0 Å². The number of aromatic nitrogens is 1. The number of carboxylic acid groups (broad SMARTS) is 1. The Bertz CT molecular complexity index is 333. The van der Waals surface area contributed by atoms with Gasteiger partial charge in [-0.25, -0.2) is 4.79 Å². The fourth-order valence-corrected chi connectivity index (χ4v) is 0.876. The van der Waals surface area contributed by atoms with E-state index in [2.05, 4.69) is 4.98 Å². The van der Waals surface area contributed by atoms with Crippen LogP contribution in [-0.4, -0.2) is 22.3 Å². The molecule has 0 saturated heterocycles. The lowest BCUT2D eigenvalue weighted by Gasteiger charge is -2.00. The second-order valence-corrected chi connectivity index (χ2v) is 2.32. The minimum absolute atomic E-state index is 0.0691. The van der Waals surface area contributed by atoms with Crippen LogP contribution in [0.25, 0.3) is 0 Å². The Hall–Kier alpha value is -1.71. The van der Waals surface area contributed by atoms with Gasteiger partial charge in [-0.05, 0) is 12.5 Å². The number of hydrogen-bond acceptors (Lipinski definition) is 3. The van der Waals surface area contributed by atoms with Gasteiger partial charge < -0.3 is 5.11 Å². The van der Waals surface area contributed by atoms with Crippen molar-refractivity contribution in [1.82, 2.24) is 4.98 Å². The number of nitrogens with zero attached hydrogens (tertiary/aromatic N) is 1. The number of aldehydes is 1. The summed E-state index contributed by atoms with van der Waals surface area (Å²) in [6.07, 6.45) is 3.16. The fraction of sp³-hybridized carbons (Fsp3) is 0.125. The molecule has 0 radical (unpaired) electrons. The summed E-state index contributed by atoms with van der Waals surface area (Å²) >= 11 is 0. The van der Waals surface area contributed by atoms with Crippen LogP contribution in [-0.2, 0) is 0 Å². The Morgan fingerprint density at radius 2 is 2.25 bits per heavy atom. The van der Waals surface area contributed by atoms with Crippen LogP contribution in [0.5, 0.6) is 0 Å². The summed E-state index contributed by atoms with van der Waals surface area (Å²) in [7, 11) is 0. The molecule has 1 rings (SSSR count). The highest BCUT2D eigenvalue weighted by molar-refractivity contribution is 5.92. The number of pyridine rings is 1. The third kappa shape index (κ3) is 1.32. The molecule has 0 spiro atoms. The predicted molar refractivity (Wildman–Crippen MR) is 41.3 cm³/mol. The minimum atomic E-state index is -1.07. The molecule has 0 aliphatic heterocycles.